The molecule has 3 aromatic rings. The number of pyridine rings is 1. The number of likely N-dealkylation sites (tertiary alicyclic amines) is 1. The molecule has 0 radical (unpaired) electrons. The maximum Gasteiger partial charge on any atom is 0.309 e. The third-order valence-electron chi connectivity index (χ3n) is 7.85. The zero-order chi connectivity index (χ0) is 28.2. The standard InChI is InChI=1S/C29H33F3N2O5/c1-39-21-4-5-24-22(15-21)26(19(17-35)16-33-24)25(36)6-7-29(28(37)38)8-11-34(12-9-29)10-2-3-18-13-20(30)14-23(31)27(18)32/h4-5,13-16,25,35-36H,2-3,6-12,17H2,1H3,(H,37,38). The fraction of sp³-hybridized carbons (Fsp3) is 0.448. The number of fused-ring (bicyclic) bond motifs is 1. The molecule has 1 saturated heterocycles. The van der Waals surface area contributed by atoms with Gasteiger partial charge in [0.2, 0.25) is 0 Å². The van der Waals surface area contributed by atoms with Crippen LogP contribution in [0.5, 0.6) is 5.75 Å². The molecule has 1 fully saturated rings. The van der Waals surface area contributed by atoms with E-state index in [1.807, 2.05) is 0 Å². The Balaban J connectivity index is 1.39. The van der Waals surface area contributed by atoms with Gasteiger partial charge < -0.3 is 25.0 Å². The van der Waals surface area contributed by atoms with E-state index in [-0.39, 0.29) is 31.4 Å². The third-order valence-corrected chi connectivity index (χ3v) is 7.85. The van der Waals surface area contributed by atoms with E-state index in [0.717, 1.165) is 6.07 Å². The number of aromatic nitrogens is 1. The summed E-state index contributed by atoms with van der Waals surface area (Å²) in [5, 5.41) is 31.8. The first-order valence-corrected chi connectivity index (χ1v) is 13.0. The number of aliphatic hydroxyl groups excluding tert-OH is 2. The summed E-state index contributed by atoms with van der Waals surface area (Å²) in [5.74, 6) is -3.41. The second kappa shape index (κ2) is 12.3. The van der Waals surface area contributed by atoms with Crippen molar-refractivity contribution >= 4 is 16.9 Å². The number of halogens is 3. The molecule has 1 unspecified atom stereocenters. The molecule has 0 bridgehead atoms. The Kier molecular flexibility index (Phi) is 9.09. The smallest absolute Gasteiger partial charge is 0.309 e. The second-order valence-electron chi connectivity index (χ2n) is 10.2. The van der Waals surface area contributed by atoms with Crippen LogP contribution in [-0.4, -0.2) is 57.9 Å². The van der Waals surface area contributed by atoms with E-state index >= 15 is 0 Å². The van der Waals surface area contributed by atoms with E-state index in [2.05, 4.69) is 9.88 Å². The Bertz CT molecular complexity index is 1320. The Morgan fingerprint density at radius 2 is 1.90 bits per heavy atom. The van der Waals surface area contributed by atoms with Crippen molar-refractivity contribution in [1.29, 1.82) is 0 Å². The number of nitrogens with zero attached hydrogens (tertiary/aromatic N) is 2. The van der Waals surface area contributed by atoms with Crippen LogP contribution in [0.1, 0.15) is 54.9 Å². The van der Waals surface area contributed by atoms with Crippen molar-refractivity contribution in [1.82, 2.24) is 9.88 Å². The molecule has 0 spiro atoms. The minimum absolute atomic E-state index is 0.0121. The van der Waals surface area contributed by atoms with Crippen LogP contribution >= 0.6 is 0 Å². The number of hydrogen-bond acceptors (Lipinski definition) is 6. The molecular weight excluding hydrogens is 513 g/mol. The number of aliphatic carboxylic acids is 1. The molecule has 0 aliphatic carbocycles. The topological polar surface area (TPSA) is 103 Å². The Morgan fingerprint density at radius 1 is 1.15 bits per heavy atom. The number of ether oxygens (including phenoxy) is 1. The van der Waals surface area contributed by atoms with E-state index in [1.54, 1.807) is 18.2 Å². The van der Waals surface area contributed by atoms with Gasteiger partial charge in [-0.3, -0.25) is 9.78 Å². The largest absolute Gasteiger partial charge is 0.497 e. The number of benzene rings is 2. The highest BCUT2D eigenvalue weighted by atomic mass is 19.2. The molecule has 7 nitrogen and oxygen atoms in total. The first kappa shape index (κ1) is 28.8. The van der Waals surface area contributed by atoms with Crippen molar-refractivity contribution < 1.29 is 38.0 Å². The van der Waals surface area contributed by atoms with Gasteiger partial charge in [0.1, 0.15) is 11.6 Å². The summed E-state index contributed by atoms with van der Waals surface area (Å²) in [7, 11) is 1.53. The summed E-state index contributed by atoms with van der Waals surface area (Å²) in [5.41, 5.74) is 0.582. The minimum Gasteiger partial charge on any atom is -0.497 e. The minimum atomic E-state index is -1.21. The number of piperidine rings is 1. The molecule has 2 heterocycles. The number of carboxylic acid groups (broad SMARTS) is 1. The molecule has 39 heavy (non-hydrogen) atoms. The van der Waals surface area contributed by atoms with Crippen LogP contribution in [-0.2, 0) is 17.8 Å². The lowest BCUT2D eigenvalue weighted by atomic mass is 9.73. The first-order chi connectivity index (χ1) is 18.7. The number of rotatable bonds is 11. The van der Waals surface area contributed by atoms with Gasteiger partial charge in [0, 0.05) is 23.2 Å². The summed E-state index contributed by atoms with van der Waals surface area (Å²) in [6, 6.07) is 6.78. The highest BCUT2D eigenvalue weighted by molar-refractivity contribution is 5.85. The summed E-state index contributed by atoms with van der Waals surface area (Å²) in [4.78, 5) is 18.8. The summed E-state index contributed by atoms with van der Waals surface area (Å²) < 4.78 is 46.1. The lowest BCUT2D eigenvalue weighted by Gasteiger charge is -2.39. The molecule has 0 amide bonds. The van der Waals surface area contributed by atoms with Crippen LogP contribution in [0.25, 0.3) is 10.9 Å². The molecular formula is C29H33F3N2O5. The van der Waals surface area contributed by atoms with Crippen LogP contribution in [0.3, 0.4) is 0 Å². The highest BCUT2D eigenvalue weighted by Crippen LogP contribution is 2.40. The van der Waals surface area contributed by atoms with Crippen LogP contribution in [0.2, 0.25) is 0 Å². The molecule has 4 rings (SSSR count). The van der Waals surface area contributed by atoms with Crippen molar-refractivity contribution in [2.24, 2.45) is 5.41 Å². The molecule has 3 N–H and O–H groups in total. The van der Waals surface area contributed by atoms with E-state index in [1.165, 1.54) is 13.3 Å². The maximum absolute atomic E-state index is 13.9. The van der Waals surface area contributed by atoms with Gasteiger partial charge in [0.15, 0.2) is 11.6 Å². The summed E-state index contributed by atoms with van der Waals surface area (Å²) >= 11 is 0. The number of aliphatic hydroxyl groups is 2. The molecule has 0 saturated carbocycles. The predicted octanol–water partition coefficient (Wildman–Crippen LogP) is 4.77. The molecule has 10 heteroatoms. The summed E-state index contributed by atoms with van der Waals surface area (Å²) in [6.45, 7) is 1.22. The molecule has 2 aromatic carbocycles. The second-order valence-corrected chi connectivity index (χ2v) is 10.2. The van der Waals surface area contributed by atoms with Gasteiger partial charge in [-0.25, -0.2) is 13.2 Å². The SMILES string of the molecule is COc1ccc2ncc(CO)c(C(O)CCC3(C(=O)O)CCN(CCCc4cc(F)cc(F)c4F)CC3)c2c1. The third kappa shape index (κ3) is 6.34. The Morgan fingerprint density at radius 3 is 2.56 bits per heavy atom. The van der Waals surface area contributed by atoms with Crippen molar-refractivity contribution in [3.63, 3.8) is 0 Å². The summed E-state index contributed by atoms with van der Waals surface area (Å²) in [6.07, 6.45) is 2.31. The fourth-order valence-corrected chi connectivity index (χ4v) is 5.50. The molecule has 1 aromatic heterocycles. The fourth-order valence-electron chi connectivity index (χ4n) is 5.50. The van der Waals surface area contributed by atoms with Gasteiger partial charge in [0.25, 0.3) is 0 Å². The Labute approximate surface area is 224 Å². The zero-order valence-electron chi connectivity index (χ0n) is 21.8. The van der Waals surface area contributed by atoms with Crippen molar-refractivity contribution in [3.05, 3.63) is 70.7 Å². The number of carboxylic acids is 1. The molecule has 210 valence electrons. The van der Waals surface area contributed by atoms with Gasteiger partial charge in [-0.05, 0) is 93.6 Å². The zero-order valence-corrected chi connectivity index (χ0v) is 21.8. The van der Waals surface area contributed by atoms with Crippen molar-refractivity contribution in [2.75, 3.05) is 26.7 Å². The van der Waals surface area contributed by atoms with Gasteiger partial charge in [-0.15, -0.1) is 0 Å². The normalized spacial score (nSPS) is 16.4. The van der Waals surface area contributed by atoms with Crippen LogP contribution in [0.4, 0.5) is 13.2 Å². The average Bonchev–Trinajstić information content (AvgIpc) is 2.93. The number of aryl methyl sites for hydroxylation is 1. The van der Waals surface area contributed by atoms with Crippen LogP contribution in [0.15, 0.2) is 36.5 Å². The average molecular weight is 547 g/mol. The number of hydrogen-bond donors (Lipinski definition) is 3. The molecule has 1 aliphatic rings. The highest BCUT2D eigenvalue weighted by Gasteiger charge is 2.41. The maximum atomic E-state index is 13.9. The van der Waals surface area contributed by atoms with E-state index in [4.69, 9.17) is 4.74 Å². The lowest BCUT2D eigenvalue weighted by Crippen LogP contribution is -2.44. The Hall–Kier alpha value is -3.21. The van der Waals surface area contributed by atoms with Crippen molar-refractivity contribution in [3.8, 4) is 5.75 Å². The monoisotopic (exact) mass is 546 g/mol. The first-order valence-electron chi connectivity index (χ1n) is 13.0. The van der Waals surface area contributed by atoms with Gasteiger partial charge in [-0.2, -0.15) is 0 Å². The van der Waals surface area contributed by atoms with Gasteiger partial charge in [0.05, 0.1) is 30.8 Å². The van der Waals surface area contributed by atoms with Gasteiger partial charge in [-0.1, -0.05) is 0 Å². The predicted molar refractivity (Wildman–Crippen MR) is 139 cm³/mol. The van der Waals surface area contributed by atoms with Crippen LogP contribution in [0, 0.1) is 22.9 Å². The van der Waals surface area contributed by atoms with E-state index in [9.17, 15) is 33.3 Å². The number of methoxy groups -OCH3 is 1. The van der Waals surface area contributed by atoms with Crippen LogP contribution < -0.4 is 4.74 Å². The van der Waals surface area contributed by atoms with E-state index < -0.39 is 34.9 Å². The quantitative estimate of drug-likeness (QED) is 0.298. The van der Waals surface area contributed by atoms with Crippen molar-refractivity contribution in [2.45, 2.75) is 51.2 Å². The lowest BCUT2D eigenvalue weighted by molar-refractivity contribution is -0.153. The van der Waals surface area contributed by atoms with Gasteiger partial charge >= 0.3 is 5.97 Å². The molecule has 1 atom stereocenters. The molecule has 1 aliphatic heterocycles. The van der Waals surface area contributed by atoms with E-state index in [0.29, 0.717) is 72.7 Å². The number of carbonyl (C=O) groups is 1.